The number of hydrogen-bond donors (Lipinski definition) is 0. The van der Waals surface area contributed by atoms with Gasteiger partial charge in [0, 0.05) is 34.2 Å². The van der Waals surface area contributed by atoms with Crippen LogP contribution in [0.15, 0.2) is 12.1 Å². The van der Waals surface area contributed by atoms with Crippen molar-refractivity contribution in [3.63, 3.8) is 0 Å². The molecule has 1 aliphatic carbocycles. The third-order valence-electron chi connectivity index (χ3n) is 5.47. The first kappa shape index (κ1) is 14.6. The van der Waals surface area contributed by atoms with E-state index in [1.165, 1.54) is 17.7 Å². The molecule has 4 atom stereocenters. The van der Waals surface area contributed by atoms with Gasteiger partial charge in [-0.05, 0) is 51.7 Å². The molecule has 1 saturated heterocycles. The molecular formula is C17H27NOS. The zero-order valence-corrected chi connectivity index (χ0v) is 14.4. The van der Waals surface area contributed by atoms with E-state index in [1.807, 2.05) is 11.3 Å². The van der Waals surface area contributed by atoms with Crippen molar-refractivity contribution >= 4 is 11.3 Å². The van der Waals surface area contributed by atoms with Gasteiger partial charge in [0.25, 0.3) is 0 Å². The standard InChI is InChI=1S/C17H27NOS/c1-11-9-17(5,14-8-7-12(2)20-14)10-13-15(11)18(6)19-16(13,3)4/h7-8,11,13,15H,9-10H2,1-6H3/t11-,13+,15+,17+/m0/s1. The Morgan fingerprint density at radius 1 is 1.25 bits per heavy atom. The molecule has 0 aromatic carbocycles. The van der Waals surface area contributed by atoms with E-state index < -0.39 is 0 Å². The van der Waals surface area contributed by atoms with Gasteiger partial charge in [0.05, 0.1) is 5.60 Å². The van der Waals surface area contributed by atoms with E-state index >= 15 is 0 Å². The number of nitrogens with zero attached hydrogens (tertiary/aromatic N) is 1. The molecule has 0 amide bonds. The Labute approximate surface area is 127 Å². The van der Waals surface area contributed by atoms with E-state index in [4.69, 9.17) is 4.84 Å². The molecule has 1 aromatic heterocycles. The SMILES string of the molecule is Cc1ccc([C@@]2(C)C[C@@H]3[C@@H]([C@@H](C)C2)N(C)OC3(C)C)s1. The lowest BCUT2D eigenvalue weighted by molar-refractivity contribution is -0.182. The van der Waals surface area contributed by atoms with Gasteiger partial charge in [-0.1, -0.05) is 13.8 Å². The largest absolute Gasteiger partial charge is 0.293 e. The molecule has 2 aliphatic rings. The van der Waals surface area contributed by atoms with E-state index in [-0.39, 0.29) is 5.60 Å². The van der Waals surface area contributed by atoms with Crippen LogP contribution in [0.4, 0.5) is 0 Å². The Morgan fingerprint density at radius 3 is 2.55 bits per heavy atom. The summed E-state index contributed by atoms with van der Waals surface area (Å²) in [4.78, 5) is 9.12. The number of rotatable bonds is 1. The van der Waals surface area contributed by atoms with Crippen LogP contribution in [0.25, 0.3) is 0 Å². The van der Waals surface area contributed by atoms with Crippen molar-refractivity contribution in [1.82, 2.24) is 5.06 Å². The van der Waals surface area contributed by atoms with E-state index in [2.05, 4.69) is 58.9 Å². The summed E-state index contributed by atoms with van der Waals surface area (Å²) in [5.41, 5.74) is 0.271. The second kappa shape index (κ2) is 4.56. The Balaban J connectivity index is 1.95. The maximum absolute atomic E-state index is 6.14. The van der Waals surface area contributed by atoms with Crippen LogP contribution in [0.5, 0.6) is 0 Å². The first-order chi connectivity index (χ1) is 9.23. The summed E-state index contributed by atoms with van der Waals surface area (Å²) in [6, 6.07) is 5.18. The van der Waals surface area contributed by atoms with Crippen LogP contribution in [-0.2, 0) is 10.3 Å². The van der Waals surface area contributed by atoms with Crippen LogP contribution in [-0.4, -0.2) is 23.8 Å². The molecule has 1 saturated carbocycles. The predicted octanol–water partition coefficient (Wildman–Crippen LogP) is 4.38. The minimum atomic E-state index is -0.0400. The fourth-order valence-corrected chi connectivity index (χ4v) is 5.68. The molecule has 0 unspecified atom stereocenters. The summed E-state index contributed by atoms with van der Waals surface area (Å²) in [5.74, 6) is 1.29. The summed E-state index contributed by atoms with van der Waals surface area (Å²) in [7, 11) is 2.11. The van der Waals surface area contributed by atoms with Gasteiger partial charge in [-0.15, -0.1) is 11.3 Å². The Morgan fingerprint density at radius 2 is 1.95 bits per heavy atom. The Kier molecular flexibility index (Phi) is 3.32. The zero-order chi connectivity index (χ0) is 14.7. The zero-order valence-electron chi connectivity index (χ0n) is 13.6. The number of aryl methyl sites for hydroxylation is 1. The highest BCUT2D eigenvalue weighted by molar-refractivity contribution is 7.12. The van der Waals surface area contributed by atoms with Gasteiger partial charge in [-0.3, -0.25) is 4.84 Å². The summed E-state index contributed by atoms with van der Waals surface area (Å²) >= 11 is 1.98. The summed E-state index contributed by atoms with van der Waals surface area (Å²) in [6.07, 6.45) is 2.50. The van der Waals surface area contributed by atoms with Gasteiger partial charge in [0.1, 0.15) is 0 Å². The van der Waals surface area contributed by atoms with E-state index in [1.54, 1.807) is 4.88 Å². The molecule has 2 nitrogen and oxygen atoms in total. The molecule has 0 radical (unpaired) electrons. The summed E-state index contributed by atoms with van der Waals surface area (Å²) in [5, 5.41) is 2.13. The third kappa shape index (κ3) is 2.15. The third-order valence-corrected chi connectivity index (χ3v) is 6.77. The van der Waals surface area contributed by atoms with Gasteiger partial charge < -0.3 is 0 Å². The summed E-state index contributed by atoms with van der Waals surface area (Å²) < 4.78 is 0. The van der Waals surface area contributed by atoms with Crippen LogP contribution in [0.3, 0.4) is 0 Å². The molecule has 112 valence electrons. The molecule has 1 aliphatic heterocycles. The van der Waals surface area contributed by atoms with Crippen molar-refractivity contribution < 1.29 is 4.84 Å². The minimum Gasteiger partial charge on any atom is -0.293 e. The van der Waals surface area contributed by atoms with Gasteiger partial charge in [0.2, 0.25) is 0 Å². The Hall–Kier alpha value is -0.380. The smallest absolute Gasteiger partial charge is 0.0888 e. The lowest BCUT2D eigenvalue weighted by Gasteiger charge is -2.45. The number of hydroxylamine groups is 2. The minimum absolute atomic E-state index is 0.0400. The van der Waals surface area contributed by atoms with Crippen molar-refractivity contribution in [3.8, 4) is 0 Å². The average Bonchev–Trinajstić information content (AvgIpc) is 2.82. The molecule has 3 rings (SSSR count). The first-order valence-corrected chi connectivity index (χ1v) is 8.53. The predicted molar refractivity (Wildman–Crippen MR) is 85.0 cm³/mol. The van der Waals surface area contributed by atoms with Crippen molar-refractivity contribution in [2.45, 2.75) is 64.5 Å². The molecule has 0 spiro atoms. The van der Waals surface area contributed by atoms with E-state index in [9.17, 15) is 0 Å². The lowest BCUT2D eigenvalue weighted by atomic mass is 9.61. The molecule has 2 heterocycles. The molecular weight excluding hydrogens is 266 g/mol. The first-order valence-electron chi connectivity index (χ1n) is 7.72. The molecule has 0 bridgehead atoms. The second-order valence-corrected chi connectivity index (χ2v) is 8.98. The van der Waals surface area contributed by atoms with Gasteiger partial charge >= 0.3 is 0 Å². The highest BCUT2D eigenvalue weighted by atomic mass is 32.1. The molecule has 1 aromatic rings. The van der Waals surface area contributed by atoms with Gasteiger partial charge in [0.15, 0.2) is 0 Å². The maximum atomic E-state index is 6.14. The van der Waals surface area contributed by atoms with Crippen molar-refractivity contribution in [2.24, 2.45) is 11.8 Å². The van der Waals surface area contributed by atoms with Gasteiger partial charge in [-0.25, -0.2) is 0 Å². The lowest BCUT2D eigenvalue weighted by Crippen LogP contribution is -2.48. The normalized spacial score (nSPS) is 40.8. The van der Waals surface area contributed by atoms with Crippen LogP contribution in [0.1, 0.15) is 50.3 Å². The number of fused-ring (bicyclic) bond motifs is 1. The van der Waals surface area contributed by atoms with Crippen LogP contribution in [0, 0.1) is 18.8 Å². The van der Waals surface area contributed by atoms with E-state index in [0.29, 0.717) is 23.3 Å². The number of thiophene rings is 1. The van der Waals surface area contributed by atoms with Crippen molar-refractivity contribution in [3.05, 3.63) is 21.9 Å². The van der Waals surface area contributed by atoms with Crippen molar-refractivity contribution in [1.29, 1.82) is 0 Å². The Bertz CT molecular complexity index is 509. The fourth-order valence-electron chi connectivity index (χ4n) is 4.65. The van der Waals surface area contributed by atoms with Crippen LogP contribution in [0.2, 0.25) is 0 Å². The van der Waals surface area contributed by atoms with Crippen molar-refractivity contribution in [2.75, 3.05) is 7.05 Å². The quantitative estimate of drug-likeness (QED) is 0.761. The topological polar surface area (TPSA) is 12.5 Å². The van der Waals surface area contributed by atoms with Crippen LogP contribution >= 0.6 is 11.3 Å². The monoisotopic (exact) mass is 293 g/mol. The van der Waals surface area contributed by atoms with E-state index in [0.717, 1.165) is 0 Å². The fraction of sp³-hybridized carbons (Fsp3) is 0.765. The van der Waals surface area contributed by atoms with Gasteiger partial charge in [-0.2, -0.15) is 5.06 Å². The van der Waals surface area contributed by atoms with Crippen LogP contribution < -0.4 is 0 Å². The molecule has 20 heavy (non-hydrogen) atoms. The highest BCUT2D eigenvalue weighted by Gasteiger charge is 2.55. The molecule has 3 heteroatoms. The molecule has 2 fully saturated rings. The number of hydrogen-bond acceptors (Lipinski definition) is 3. The highest BCUT2D eigenvalue weighted by Crippen LogP contribution is 2.53. The summed E-state index contributed by atoms with van der Waals surface area (Å²) in [6.45, 7) is 11.6. The average molecular weight is 293 g/mol. The second-order valence-electron chi connectivity index (χ2n) is 7.69. The maximum Gasteiger partial charge on any atom is 0.0888 e. The molecule has 0 N–H and O–H groups in total.